The number of methoxy groups -OCH3 is 1. The SMILES string of the molecule is COc1ccc(CNc2c(C)c(C)c3c(c2C)C(c2ccc(CN)cc2)C(C)(C)O3)cc1. The molecule has 4 rings (SSSR count). The molecule has 1 aliphatic rings. The van der Waals surface area contributed by atoms with E-state index in [2.05, 4.69) is 76.3 Å². The Morgan fingerprint density at radius 2 is 1.53 bits per heavy atom. The standard InChI is InChI=1S/C28H34N2O2/c1-17-18(2)27-24(19(3)26(17)30-16-21-9-13-23(31-6)14-10-21)25(28(4,5)32-27)22-11-7-20(15-29)8-12-22/h7-14,25,30H,15-16,29H2,1-6H3. The Labute approximate surface area is 191 Å². The Hall–Kier alpha value is -2.98. The number of nitrogens with two attached hydrogens (primary N) is 1. The molecule has 4 heteroatoms. The van der Waals surface area contributed by atoms with Gasteiger partial charge in [-0.05, 0) is 80.1 Å². The monoisotopic (exact) mass is 430 g/mol. The Kier molecular flexibility index (Phi) is 5.91. The van der Waals surface area contributed by atoms with Crippen molar-refractivity contribution in [3.8, 4) is 11.5 Å². The van der Waals surface area contributed by atoms with Gasteiger partial charge >= 0.3 is 0 Å². The third-order valence-corrected chi connectivity index (χ3v) is 6.83. The van der Waals surface area contributed by atoms with Crippen molar-refractivity contribution >= 4 is 5.69 Å². The molecule has 3 aromatic carbocycles. The van der Waals surface area contributed by atoms with Gasteiger partial charge in [0, 0.05) is 24.3 Å². The van der Waals surface area contributed by atoms with E-state index in [0.717, 1.165) is 23.6 Å². The smallest absolute Gasteiger partial charge is 0.127 e. The normalized spacial score (nSPS) is 16.4. The number of hydrogen-bond donors (Lipinski definition) is 2. The molecule has 0 fully saturated rings. The van der Waals surface area contributed by atoms with Gasteiger partial charge in [0.2, 0.25) is 0 Å². The van der Waals surface area contributed by atoms with Crippen LogP contribution >= 0.6 is 0 Å². The molecule has 1 unspecified atom stereocenters. The molecule has 0 spiro atoms. The summed E-state index contributed by atoms with van der Waals surface area (Å²) in [6.45, 7) is 12.2. The molecule has 168 valence electrons. The second kappa shape index (κ2) is 8.51. The van der Waals surface area contributed by atoms with E-state index in [1.54, 1.807) is 7.11 Å². The molecule has 0 amide bonds. The Morgan fingerprint density at radius 3 is 2.12 bits per heavy atom. The summed E-state index contributed by atoms with van der Waals surface area (Å²) in [5.74, 6) is 2.07. The van der Waals surface area contributed by atoms with Gasteiger partial charge in [-0.2, -0.15) is 0 Å². The summed E-state index contributed by atoms with van der Waals surface area (Å²) in [6.07, 6.45) is 0. The van der Waals surface area contributed by atoms with Gasteiger partial charge in [0.25, 0.3) is 0 Å². The predicted octanol–water partition coefficient (Wildman–Crippen LogP) is 5.99. The van der Waals surface area contributed by atoms with Crippen LogP contribution in [0.2, 0.25) is 0 Å². The number of hydrogen-bond acceptors (Lipinski definition) is 4. The molecule has 3 N–H and O–H groups in total. The topological polar surface area (TPSA) is 56.5 Å². The fourth-order valence-electron chi connectivity index (χ4n) is 4.91. The molecule has 1 heterocycles. The predicted molar refractivity (Wildman–Crippen MR) is 132 cm³/mol. The zero-order valence-electron chi connectivity index (χ0n) is 20.0. The minimum atomic E-state index is -0.330. The van der Waals surface area contributed by atoms with Crippen LogP contribution < -0.4 is 20.5 Å². The zero-order chi connectivity index (χ0) is 23.0. The number of fused-ring (bicyclic) bond motifs is 1. The number of anilines is 1. The van der Waals surface area contributed by atoms with Crippen molar-refractivity contribution in [2.75, 3.05) is 12.4 Å². The van der Waals surface area contributed by atoms with Crippen molar-refractivity contribution in [1.29, 1.82) is 0 Å². The highest BCUT2D eigenvalue weighted by Crippen LogP contribution is 2.53. The number of nitrogens with one attached hydrogen (secondary N) is 1. The highest BCUT2D eigenvalue weighted by Gasteiger charge is 2.44. The van der Waals surface area contributed by atoms with Crippen molar-refractivity contribution in [2.24, 2.45) is 5.73 Å². The molecule has 0 saturated heterocycles. The van der Waals surface area contributed by atoms with Crippen LogP contribution in [0.1, 0.15) is 58.7 Å². The molecule has 3 aromatic rings. The van der Waals surface area contributed by atoms with Gasteiger partial charge in [-0.25, -0.2) is 0 Å². The Morgan fingerprint density at radius 1 is 0.906 bits per heavy atom. The van der Waals surface area contributed by atoms with E-state index in [1.807, 2.05) is 12.1 Å². The van der Waals surface area contributed by atoms with Crippen molar-refractivity contribution in [2.45, 2.75) is 59.2 Å². The summed E-state index contributed by atoms with van der Waals surface area (Å²) in [5, 5.41) is 3.71. The van der Waals surface area contributed by atoms with Crippen LogP contribution in [0.15, 0.2) is 48.5 Å². The minimum Gasteiger partial charge on any atom is -0.497 e. The molecule has 0 aromatic heterocycles. The summed E-state index contributed by atoms with van der Waals surface area (Å²) < 4.78 is 11.9. The summed E-state index contributed by atoms with van der Waals surface area (Å²) in [5.41, 5.74) is 15.3. The third kappa shape index (κ3) is 3.84. The quantitative estimate of drug-likeness (QED) is 0.504. The van der Waals surface area contributed by atoms with E-state index in [0.29, 0.717) is 6.54 Å². The first-order valence-electron chi connectivity index (χ1n) is 11.2. The fourth-order valence-corrected chi connectivity index (χ4v) is 4.91. The summed E-state index contributed by atoms with van der Waals surface area (Å²) in [7, 11) is 1.69. The first-order chi connectivity index (χ1) is 15.3. The van der Waals surface area contributed by atoms with E-state index in [9.17, 15) is 0 Å². The zero-order valence-corrected chi connectivity index (χ0v) is 20.0. The van der Waals surface area contributed by atoms with Crippen molar-refractivity contribution < 1.29 is 9.47 Å². The molecule has 0 radical (unpaired) electrons. The van der Waals surface area contributed by atoms with E-state index < -0.39 is 0 Å². The number of rotatable bonds is 6. The lowest BCUT2D eigenvalue weighted by atomic mass is 9.78. The highest BCUT2D eigenvalue weighted by atomic mass is 16.5. The van der Waals surface area contributed by atoms with Crippen LogP contribution in [0.4, 0.5) is 5.69 Å². The summed E-state index contributed by atoms with van der Waals surface area (Å²) >= 11 is 0. The first kappa shape index (κ1) is 22.2. The largest absolute Gasteiger partial charge is 0.497 e. The van der Waals surface area contributed by atoms with Crippen molar-refractivity contribution in [3.63, 3.8) is 0 Å². The maximum absolute atomic E-state index is 6.59. The van der Waals surface area contributed by atoms with Gasteiger partial charge in [0.05, 0.1) is 13.0 Å². The van der Waals surface area contributed by atoms with E-state index >= 15 is 0 Å². The number of ether oxygens (including phenoxy) is 2. The summed E-state index contributed by atoms with van der Waals surface area (Å²) in [4.78, 5) is 0. The maximum atomic E-state index is 6.59. The molecule has 0 aliphatic carbocycles. The van der Waals surface area contributed by atoms with Crippen LogP contribution in [-0.2, 0) is 13.1 Å². The molecular weight excluding hydrogens is 396 g/mol. The van der Waals surface area contributed by atoms with Gasteiger partial charge in [-0.3, -0.25) is 0 Å². The molecule has 4 nitrogen and oxygen atoms in total. The molecule has 0 bridgehead atoms. The van der Waals surface area contributed by atoms with Crippen molar-refractivity contribution in [1.82, 2.24) is 0 Å². The van der Waals surface area contributed by atoms with Gasteiger partial charge in [0.15, 0.2) is 0 Å². The summed E-state index contributed by atoms with van der Waals surface area (Å²) in [6, 6.07) is 16.9. The molecule has 0 saturated carbocycles. The van der Waals surface area contributed by atoms with Gasteiger partial charge in [-0.15, -0.1) is 0 Å². The van der Waals surface area contributed by atoms with Crippen LogP contribution in [-0.4, -0.2) is 12.7 Å². The fraction of sp³-hybridized carbons (Fsp3) is 0.357. The average Bonchev–Trinajstić information content (AvgIpc) is 3.09. The van der Waals surface area contributed by atoms with Crippen LogP contribution in [0.25, 0.3) is 0 Å². The van der Waals surface area contributed by atoms with Crippen LogP contribution in [0.5, 0.6) is 11.5 Å². The van der Waals surface area contributed by atoms with E-state index in [4.69, 9.17) is 15.2 Å². The Balaban J connectivity index is 1.74. The molecule has 1 atom stereocenters. The minimum absolute atomic E-state index is 0.158. The van der Waals surface area contributed by atoms with E-state index in [-0.39, 0.29) is 11.5 Å². The third-order valence-electron chi connectivity index (χ3n) is 6.83. The maximum Gasteiger partial charge on any atom is 0.127 e. The second-order valence-corrected chi connectivity index (χ2v) is 9.28. The van der Waals surface area contributed by atoms with Gasteiger partial charge < -0.3 is 20.5 Å². The number of benzene rings is 3. The lowest BCUT2D eigenvalue weighted by molar-refractivity contribution is 0.121. The Bertz CT molecular complexity index is 1120. The highest BCUT2D eigenvalue weighted by molar-refractivity contribution is 5.71. The van der Waals surface area contributed by atoms with Gasteiger partial charge in [0.1, 0.15) is 17.1 Å². The molecule has 32 heavy (non-hydrogen) atoms. The molecular formula is C28H34N2O2. The van der Waals surface area contributed by atoms with Crippen molar-refractivity contribution in [3.05, 3.63) is 87.5 Å². The van der Waals surface area contributed by atoms with Crippen LogP contribution in [0.3, 0.4) is 0 Å². The lowest BCUT2D eigenvalue weighted by Crippen LogP contribution is -2.31. The first-order valence-corrected chi connectivity index (χ1v) is 11.2. The average molecular weight is 431 g/mol. The van der Waals surface area contributed by atoms with Gasteiger partial charge in [-0.1, -0.05) is 36.4 Å². The van der Waals surface area contributed by atoms with Crippen LogP contribution in [0, 0.1) is 20.8 Å². The lowest BCUT2D eigenvalue weighted by Gasteiger charge is -2.27. The second-order valence-electron chi connectivity index (χ2n) is 9.28. The van der Waals surface area contributed by atoms with E-state index in [1.165, 1.54) is 39.1 Å². The molecule has 1 aliphatic heterocycles.